The van der Waals surface area contributed by atoms with E-state index >= 15 is 0 Å². The van der Waals surface area contributed by atoms with Gasteiger partial charge < -0.3 is 15.0 Å². The van der Waals surface area contributed by atoms with Crippen LogP contribution in [0.15, 0.2) is 23.2 Å². The van der Waals surface area contributed by atoms with Crippen LogP contribution in [-0.2, 0) is 11.3 Å². The first kappa shape index (κ1) is 18.4. The van der Waals surface area contributed by atoms with Gasteiger partial charge >= 0.3 is 0 Å². The van der Waals surface area contributed by atoms with Crippen molar-refractivity contribution in [3.8, 4) is 0 Å². The lowest BCUT2D eigenvalue weighted by Crippen LogP contribution is -2.55. The minimum atomic E-state index is -0.233. The van der Waals surface area contributed by atoms with Gasteiger partial charge in [-0.3, -0.25) is 9.89 Å². The van der Waals surface area contributed by atoms with Crippen LogP contribution in [-0.4, -0.2) is 68.7 Å². The van der Waals surface area contributed by atoms with E-state index in [1.165, 1.54) is 6.07 Å². The first-order valence-electron chi connectivity index (χ1n) is 8.69. The minimum absolute atomic E-state index is 0.208. The highest BCUT2D eigenvalue weighted by Gasteiger charge is 2.34. The van der Waals surface area contributed by atoms with Gasteiger partial charge in [0.25, 0.3) is 0 Å². The molecule has 0 aromatic heterocycles. The molecule has 0 amide bonds. The number of aliphatic imine (C=N–C) groups is 1. The van der Waals surface area contributed by atoms with Gasteiger partial charge in [0.2, 0.25) is 0 Å². The number of halogens is 2. The number of benzene rings is 1. The van der Waals surface area contributed by atoms with E-state index in [1.807, 2.05) is 7.05 Å². The molecular formula is C18H26ClFN4O. The summed E-state index contributed by atoms with van der Waals surface area (Å²) in [6.07, 6.45) is 0. The largest absolute Gasteiger partial charge is 0.380 e. The van der Waals surface area contributed by atoms with E-state index in [2.05, 4.69) is 27.0 Å². The summed E-state index contributed by atoms with van der Waals surface area (Å²) in [5.41, 5.74) is 0.789. The van der Waals surface area contributed by atoms with Crippen LogP contribution >= 0.6 is 11.6 Å². The topological polar surface area (TPSA) is 40.1 Å². The Balaban J connectivity index is 1.50. The van der Waals surface area contributed by atoms with Crippen LogP contribution in [0.3, 0.4) is 0 Å². The highest BCUT2D eigenvalue weighted by Crippen LogP contribution is 2.25. The number of piperazine rings is 1. The lowest BCUT2D eigenvalue weighted by Gasteiger charge is -2.41. The Hall–Kier alpha value is -1.37. The maximum absolute atomic E-state index is 14.0. The van der Waals surface area contributed by atoms with Gasteiger partial charge in [-0.1, -0.05) is 24.6 Å². The van der Waals surface area contributed by atoms with Gasteiger partial charge in [-0.25, -0.2) is 4.39 Å². The maximum atomic E-state index is 14.0. The predicted octanol–water partition coefficient (Wildman–Crippen LogP) is 2.21. The van der Waals surface area contributed by atoms with Crippen LogP contribution in [0, 0.1) is 11.2 Å². The van der Waals surface area contributed by atoms with E-state index in [-0.39, 0.29) is 11.2 Å². The Morgan fingerprint density at radius 3 is 2.60 bits per heavy atom. The SMILES string of the molecule is CN=C(NCC1(C)COC1)N1CCN(Cc2c(F)cccc2Cl)CC1. The number of nitrogens with one attached hydrogen (secondary N) is 1. The van der Waals surface area contributed by atoms with Crippen LogP contribution < -0.4 is 5.32 Å². The average Bonchev–Trinajstić information content (AvgIpc) is 2.58. The summed E-state index contributed by atoms with van der Waals surface area (Å²) >= 11 is 6.14. The smallest absolute Gasteiger partial charge is 0.193 e. The Bertz CT molecular complexity index is 607. The van der Waals surface area contributed by atoms with Crippen LogP contribution in [0.1, 0.15) is 12.5 Å². The second kappa shape index (κ2) is 7.89. The zero-order valence-corrected chi connectivity index (χ0v) is 15.7. The normalized spacial score (nSPS) is 21.1. The highest BCUT2D eigenvalue weighted by atomic mass is 35.5. The van der Waals surface area contributed by atoms with Gasteiger partial charge in [-0.05, 0) is 12.1 Å². The molecule has 2 fully saturated rings. The summed E-state index contributed by atoms with van der Waals surface area (Å²) in [5.74, 6) is 0.695. The molecule has 138 valence electrons. The standard InChI is InChI=1S/C18H26ClFN4O/c1-18(12-25-13-18)11-22-17(21-2)24-8-6-23(7-9-24)10-14-15(19)4-3-5-16(14)20/h3-5H,6-13H2,1-2H3,(H,21,22). The fourth-order valence-electron chi connectivity index (χ4n) is 3.20. The summed E-state index contributed by atoms with van der Waals surface area (Å²) in [5, 5.41) is 3.96. The van der Waals surface area contributed by atoms with Crippen molar-refractivity contribution in [2.45, 2.75) is 13.5 Å². The van der Waals surface area contributed by atoms with Gasteiger partial charge in [-0.15, -0.1) is 0 Å². The van der Waals surface area contributed by atoms with Crippen molar-refractivity contribution in [1.29, 1.82) is 0 Å². The van der Waals surface area contributed by atoms with Crippen molar-refractivity contribution < 1.29 is 9.13 Å². The number of nitrogens with zero attached hydrogens (tertiary/aromatic N) is 3. The van der Waals surface area contributed by atoms with E-state index < -0.39 is 0 Å². The van der Waals surface area contributed by atoms with Crippen molar-refractivity contribution in [1.82, 2.24) is 15.1 Å². The molecule has 0 radical (unpaired) electrons. The van der Waals surface area contributed by atoms with Crippen molar-refractivity contribution in [2.75, 3.05) is 53.0 Å². The van der Waals surface area contributed by atoms with Crippen LogP contribution in [0.5, 0.6) is 0 Å². The van der Waals surface area contributed by atoms with E-state index in [4.69, 9.17) is 16.3 Å². The Morgan fingerprint density at radius 2 is 2.04 bits per heavy atom. The monoisotopic (exact) mass is 368 g/mol. The van der Waals surface area contributed by atoms with Gasteiger partial charge in [0.05, 0.1) is 13.2 Å². The molecule has 7 heteroatoms. The highest BCUT2D eigenvalue weighted by molar-refractivity contribution is 6.31. The summed E-state index contributed by atoms with van der Waals surface area (Å²) in [6, 6.07) is 4.85. The van der Waals surface area contributed by atoms with E-state index in [0.717, 1.165) is 51.9 Å². The molecule has 0 bridgehead atoms. The number of guanidine groups is 1. The Labute approximate surface area is 153 Å². The lowest BCUT2D eigenvalue weighted by atomic mass is 9.89. The number of ether oxygens (including phenoxy) is 1. The third-order valence-corrected chi connectivity index (χ3v) is 5.26. The van der Waals surface area contributed by atoms with E-state index in [9.17, 15) is 4.39 Å². The van der Waals surface area contributed by atoms with Gasteiger partial charge in [0, 0.05) is 62.3 Å². The Kier molecular flexibility index (Phi) is 5.81. The first-order valence-corrected chi connectivity index (χ1v) is 9.07. The lowest BCUT2D eigenvalue weighted by molar-refractivity contribution is -0.0973. The third-order valence-electron chi connectivity index (χ3n) is 4.90. The molecular weight excluding hydrogens is 343 g/mol. The zero-order chi connectivity index (χ0) is 17.9. The fraction of sp³-hybridized carbons (Fsp3) is 0.611. The quantitative estimate of drug-likeness (QED) is 0.653. The van der Waals surface area contributed by atoms with Crippen molar-refractivity contribution in [3.05, 3.63) is 34.6 Å². The number of hydrogen-bond donors (Lipinski definition) is 1. The van der Waals surface area contributed by atoms with Crippen molar-refractivity contribution in [3.63, 3.8) is 0 Å². The zero-order valence-electron chi connectivity index (χ0n) is 14.9. The molecule has 2 aliphatic rings. The Morgan fingerprint density at radius 1 is 1.32 bits per heavy atom. The molecule has 2 saturated heterocycles. The van der Waals surface area contributed by atoms with E-state index in [1.54, 1.807) is 12.1 Å². The number of rotatable bonds is 4. The minimum Gasteiger partial charge on any atom is -0.380 e. The van der Waals surface area contributed by atoms with Crippen LogP contribution in [0.4, 0.5) is 4.39 Å². The molecule has 0 unspecified atom stereocenters. The molecule has 25 heavy (non-hydrogen) atoms. The van der Waals surface area contributed by atoms with Crippen molar-refractivity contribution in [2.24, 2.45) is 10.4 Å². The molecule has 1 aromatic rings. The summed E-state index contributed by atoms with van der Waals surface area (Å²) in [4.78, 5) is 8.89. The van der Waals surface area contributed by atoms with Crippen LogP contribution in [0.2, 0.25) is 5.02 Å². The molecule has 2 heterocycles. The second-order valence-corrected chi connectivity index (χ2v) is 7.57. The van der Waals surface area contributed by atoms with E-state index in [0.29, 0.717) is 17.1 Å². The molecule has 0 spiro atoms. The second-order valence-electron chi connectivity index (χ2n) is 7.17. The molecule has 0 aliphatic carbocycles. The maximum Gasteiger partial charge on any atom is 0.193 e. The molecule has 2 aliphatic heterocycles. The third kappa shape index (κ3) is 4.43. The molecule has 5 nitrogen and oxygen atoms in total. The summed E-state index contributed by atoms with van der Waals surface area (Å²) in [7, 11) is 1.81. The fourth-order valence-corrected chi connectivity index (χ4v) is 3.42. The van der Waals surface area contributed by atoms with Gasteiger partial charge in [0.15, 0.2) is 5.96 Å². The molecule has 1 aromatic carbocycles. The van der Waals surface area contributed by atoms with Crippen molar-refractivity contribution >= 4 is 17.6 Å². The molecule has 0 atom stereocenters. The predicted molar refractivity (Wildman–Crippen MR) is 98.5 cm³/mol. The van der Waals surface area contributed by atoms with Gasteiger partial charge in [0.1, 0.15) is 5.82 Å². The summed E-state index contributed by atoms with van der Waals surface area (Å²) in [6.45, 7) is 8.65. The molecule has 1 N–H and O–H groups in total. The van der Waals surface area contributed by atoms with Gasteiger partial charge in [-0.2, -0.15) is 0 Å². The molecule has 3 rings (SSSR count). The summed E-state index contributed by atoms with van der Waals surface area (Å²) < 4.78 is 19.3. The van der Waals surface area contributed by atoms with Crippen LogP contribution in [0.25, 0.3) is 0 Å². The first-order chi connectivity index (χ1) is 12.0. The number of hydrogen-bond acceptors (Lipinski definition) is 3. The average molecular weight is 369 g/mol. The molecule has 0 saturated carbocycles.